The van der Waals surface area contributed by atoms with Crippen LogP contribution in [0.4, 0.5) is 0 Å². The van der Waals surface area contributed by atoms with E-state index >= 15 is 0 Å². The number of benzene rings is 1. The Bertz CT molecular complexity index is 498. The van der Waals surface area contributed by atoms with Crippen molar-refractivity contribution in [3.05, 3.63) is 34.9 Å². The van der Waals surface area contributed by atoms with Gasteiger partial charge in [0, 0.05) is 22.3 Å². The predicted molar refractivity (Wildman–Crippen MR) is 76.5 cm³/mol. The second-order valence-electron chi connectivity index (χ2n) is 5.67. The van der Waals surface area contributed by atoms with E-state index in [1.807, 2.05) is 32.0 Å². The molecule has 1 atom stereocenters. The molecule has 0 aliphatic heterocycles. The first kappa shape index (κ1) is 14.3. The molecule has 1 N–H and O–H groups in total. The van der Waals surface area contributed by atoms with Crippen LogP contribution in [0.3, 0.4) is 0 Å². The zero-order valence-corrected chi connectivity index (χ0v) is 12.3. The zero-order chi connectivity index (χ0) is 14.0. The van der Waals surface area contributed by atoms with Gasteiger partial charge in [0.05, 0.1) is 6.42 Å². The van der Waals surface area contributed by atoms with Crippen molar-refractivity contribution in [2.75, 3.05) is 5.75 Å². The zero-order valence-electron chi connectivity index (χ0n) is 11.4. The molecule has 1 aromatic carbocycles. The lowest BCUT2D eigenvalue weighted by Gasteiger charge is -2.14. The van der Waals surface area contributed by atoms with Crippen LogP contribution in [0, 0.1) is 19.3 Å². The van der Waals surface area contributed by atoms with Crippen molar-refractivity contribution in [1.82, 2.24) is 0 Å². The van der Waals surface area contributed by atoms with E-state index in [9.17, 15) is 9.00 Å². The van der Waals surface area contributed by atoms with Crippen molar-refractivity contribution < 1.29 is 14.1 Å². The average molecular weight is 280 g/mol. The van der Waals surface area contributed by atoms with E-state index in [-0.39, 0.29) is 11.8 Å². The monoisotopic (exact) mass is 280 g/mol. The summed E-state index contributed by atoms with van der Waals surface area (Å²) in [6, 6.07) is 6.07. The van der Waals surface area contributed by atoms with E-state index in [2.05, 4.69) is 0 Å². The van der Waals surface area contributed by atoms with Crippen molar-refractivity contribution in [3.63, 3.8) is 0 Å². The minimum absolute atomic E-state index is 0.158. The molecule has 1 aliphatic carbocycles. The maximum atomic E-state index is 12.3. The van der Waals surface area contributed by atoms with Gasteiger partial charge in [0.25, 0.3) is 0 Å². The molecule has 1 unspecified atom stereocenters. The van der Waals surface area contributed by atoms with Gasteiger partial charge < -0.3 is 5.11 Å². The van der Waals surface area contributed by atoms with Gasteiger partial charge >= 0.3 is 5.97 Å². The topological polar surface area (TPSA) is 54.4 Å². The smallest absolute Gasteiger partial charge is 0.303 e. The minimum atomic E-state index is -0.978. The largest absolute Gasteiger partial charge is 0.481 e. The molecule has 1 aromatic rings. The molecular weight excluding hydrogens is 260 g/mol. The number of carboxylic acid groups (broad SMARTS) is 1. The molecule has 0 radical (unpaired) electrons. The van der Waals surface area contributed by atoms with E-state index in [4.69, 9.17) is 5.11 Å². The Kier molecular flexibility index (Phi) is 4.09. The maximum absolute atomic E-state index is 12.3. The van der Waals surface area contributed by atoms with Crippen LogP contribution in [0.15, 0.2) is 18.2 Å². The molecule has 1 fully saturated rings. The second kappa shape index (κ2) is 5.45. The van der Waals surface area contributed by atoms with Crippen LogP contribution in [-0.2, 0) is 21.3 Å². The third-order valence-electron chi connectivity index (χ3n) is 3.90. The molecule has 19 heavy (non-hydrogen) atoms. The highest BCUT2D eigenvalue weighted by atomic mass is 32.2. The Hall–Kier alpha value is -1.16. The van der Waals surface area contributed by atoms with Gasteiger partial charge in [-0.2, -0.15) is 0 Å². The highest BCUT2D eigenvalue weighted by Gasteiger charge is 2.45. The molecule has 1 saturated carbocycles. The number of hydrogen-bond acceptors (Lipinski definition) is 2. The van der Waals surface area contributed by atoms with Crippen molar-refractivity contribution in [2.24, 2.45) is 5.41 Å². The van der Waals surface area contributed by atoms with Gasteiger partial charge in [-0.25, -0.2) is 0 Å². The summed E-state index contributed by atoms with van der Waals surface area (Å²) in [6.07, 6.45) is 1.96. The SMILES string of the molecule is Cc1cccc(C)c1CS(=O)CC1(CC(=O)O)CC1. The molecule has 104 valence electrons. The fraction of sp³-hybridized carbons (Fsp3) is 0.533. The Balaban J connectivity index is 2.00. The first-order valence-corrected chi connectivity index (χ1v) is 8.03. The van der Waals surface area contributed by atoms with Crippen LogP contribution in [0.25, 0.3) is 0 Å². The first-order valence-electron chi connectivity index (χ1n) is 6.54. The number of aliphatic carboxylic acids is 1. The van der Waals surface area contributed by atoms with Crippen LogP contribution < -0.4 is 0 Å². The molecule has 0 spiro atoms. The fourth-order valence-corrected chi connectivity index (χ4v) is 4.45. The second-order valence-corrected chi connectivity index (χ2v) is 7.13. The van der Waals surface area contributed by atoms with Crippen LogP contribution >= 0.6 is 0 Å². The van der Waals surface area contributed by atoms with Crippen molar-refractivity contribution >= 4 is 16.8 Å². The first-order chi connectivity index (χ1) is 8.92. The molecule has 0 saturated heterocycles. The molecule has 2 rings (SSSR count). The summed E-state index contributed by atoms with van der Waals surface area (Å²) in [7, 11) is -0.978. The highest BCUT2D eigenvalue weighted by molar-refractivity contribution is 7.84. The van der Waals surface area contributed by atoms with Gasteiger partial charge in [-0.3, -0.25) is 9.00 Å². The third kappa shape index (κ3) is 3.66. The lowest BCUT2D eigenvalue weighted by molar-refractivity contribution is -0.138. The molecule has 1 aliphatic rings. The fourth-order valence-electron chi connectivity index (χ4n) is 2.50. The normalized spacial score (nSPS) is 18.0. The van der Waals surface area contributed by atoms with E-state index in [0.717, 1.165) is 29.5 Å². The minimum Gasteiger partial charge on any atom is -0.481 e. The summed E-state index contributed by atoms with van der Waals surface area (Å²) in [4.78, 5) is 10.8. The van der Waals surface area contributed by atoms with Crippen LogP contribution in [0.1, 0.15) is 36.0 Å². The summed E-state index contributed by atoms with van der Waals surface area (Å²) < 4.78 is 12.3. The Morgan fingerprint density at radius 1 is 1.32 bits per heavy atom. The van der Waals surface area contributed by atoms with Gasteiger partial charge in [-0.05, 0) is 48.8 Å². The number of carbonyl (C=O) groups is 1. The predicted octanol–water partition coefficient (Wildman–Crippen LogP) is 2.81. The van der Waals surface area contributed by atoms with Gasteiger partial charge in [0.15, 0.2) is 0 Å². The summed E-state index contributed by atoms with van der Waals surface area (Å²) in [5.41, 5.74) is 3.28. The molecule has 4 heteroatoms. The number of carboxylic acids is 1. The maximum Gasteiger partial charge on any atom is 0.303 e. The van der Waals surface area contributed by atoms with E-state index < -0.39 is 16.8 Å². The number of rotatable bonds is 6. The van der Waals surface area contributed by atoms with Gasteiger partial charge in [0.2, 0.25) is 0 Å². The summed E-state index contributed by atoms with van der Waals surface area (Å²) >= 11 is 0. The summed E-state index contributed by atoms with van der Waals surface area (Å²) in [6.45, 7) is 4.06. The lowest BCUT2D eigenvalue weighted by Crippen LogP contribution is -2.18. The summed E-state index contributed by atoms with van der Waals surface area (Å²) in [5, 5.41) is 8.88. The number of hydrogen-bond donors (Lipinski definition) is 1. The molecule has 0 heterocycles. The van der Waals surface area contributed by atoms with Crippen LogP contribution in [0.2, 0.25) is 0 Å². The molecule has 0 bridgehead atoms. The third-order valence-corrected chi connectivity index (χ3v) is 5.45. The molecular formula is C15H20O3S. The van der Waals surface area contributed by atoms with Crippen molar-refractivity contribution in [2.45, 2.75) is 38.9 Å². The Labute approximate surface area is 116 Å². The van der Waals surface area contributed by atoms with Gasteiger partial charge in [0.1, 0.15) is 0 Å². The van der Waals surface area contributed by atoms with E-state index in [1.165, 1.54) is 0 Å². The molecule has 3 nitrogen and oxygen atoms in total. The average Bonchev–Trinajstić information content (AvgIpc) is 3.02. The lowest BCUT2D eigenvalue weighted by atomic mass is 10.1. The van der Waals surface area contributed by atoms with Crippen molar-refractivity contribution in [1.29, 1.82) is 0 Å². The Morgan fingerprint density at radius 3 is 2.37 bits per heavy atom. The van der Waals surface area contributed by atoms with Crippen molar-refractivity contribution in [3.8, 4) is 0 Å². The standard InChI is InChI=1S/C15H20O3S/c1-11-4-3-5-12(2)13(11)9-19(18)10-15(6-7-15)8-14(16)17/h3-5H,6-10H2,1-2H3,(H,16,17). The summed E-state index contributed by atoms with van der Waals surface area (Å²) in [5.74, 6) is 0.286. The van der Waals surface area contributed by atoms with E-state index in [0.29, 0.717) is 11.5 Å². The molecule has 0 amide bonds. The van der Waals surface area contributed by atoms with E-state index in [1.54, 1.807) is 0 Å². The molecule has 0 aromatic heterocycles. The van der Waals surface area contributed by atoms with Crippen LogP contribution in [0.5, 0.6) is 0 Å². The Morgan fingerprint density at radius 2 is 1.89 bits per heavy atom. The quantitative estimate of drug-likeness (QED) is 0.871. The highest BCUT2D eigenvalue weighted by Crippen LogP contribution is 2.49. The number of aryl methyl sites for hydroxylation is 2. The van der Waals surface area contributed by atoms with Gasteiger partial charge in [-0.1, -0.05) is 18.2 Å². The van der Waals surface area contributed by atoms with Crippen LogP contribution in [-0.4, -0.2) is 21.0 Å². The van der Waals surface area contributed by atoms with Gasteiger partial charge in [-0.15, -0.1) is 0 Å².